The molecular formula is C21H32N4O6S. The number of nitro benzene ring substituents is 1. The second kappa shape index (κ2) is 10.2. The first-order valence-corrected chi connectivity index (χ1v) is 12.4. The maximum atomic E-state index is 13.0. The molecule has 178 valence electrons. The highest BCUT2D eigenvalue weighted by Crippen LogP contribution is 2.28. The van der Waals surface area contributed by atoms with Crippen LogP contribution in [0.1, 0.15) is 32.3 Å². The fourth-order valence-electron chi connectivity index (χ4n) is 4.43. The van der Waals surface area contributed by atoms with Gasteiger partial charge in [0.2, 0.25) is 15.9 Å². The van der Waals surface area contributed by atoms with E-state index in [0.29, 0.717) is 24.9 Å². The molecule has 0 bridgehead atoms. The number of nitro groups is 1. The number of carbonyl (C=O) groups excluding carboxylic acids is 1. The summed E-state index contributed by atoms with van der Waals surface area (Å²) < 4.78 is 33.1. The SMILES string of the molecule is Cc1ccc([N+](=O)[O-])cc1S(=O)(=O)N1CCC(C(=O)NCCN2CC(C)OC(C)C2)CC1. The highest BCUT2D eigenvalue weighted by Gasteiger charge is 2.33. The van der Waals surface area contributed by atoms with E-state index in [1.165, 1.54) is 16.4 Å². The third kappa shape index (κ3) is 5.83. The van der Waals surface area contributed by atoms with Crippen molar-refractivity contribution in [1.29, 1.82) is 0 Å². The molecule has 2 unspecified atom stereocenters. The maximum Gasteiger partial charge on any atom is 0.270 e. The van der Waals surface area contributed by atoms with Crippen molar-refractivity contribution in [2.24, 2.45) is 5.92 Å². The van der Waals surface area contributed by atoms with Gasteiger partial charge >= 0.3 is 0 Å². The van der Waals surface area contributed by atoms with Gasteiger partial charge in [-0.25, -0.2) is 8.42 Å². The molecule has 1 aromatic rings. The number of benzene rings is 1. The number of hydrogen-bond acceptors (Lipinski definition) is 7. The Kier molecular flexibility index (Phi) is 7.86. The van der Waals surface area contributed by atoms with Crippen LogP contribution in [-0.4, -0.2) is 79.9 Å². The van der Waals surface area contributed by atoms with Crippen molar-refractivity contribution in [2.75, 3.05) is 39.3 Å². The van der Waals surface area contributed by atoms with Crippen LogP contribution in [0.25, 0.3) is 0 Å². The van der Waals surface area contributed by atoms with Gasteiger partial charge < -0.3 is 10.1 Å². The van der Waals surface area contributed by atoms with E-state index in [2.05, 4.69) is 10.2 Å². The number of piperidine rings is 1. The van der Waals surface area contributed by atoms with Gasteiger partial charge in [-0.05, 0) is 39.2 Å². The Balaban J connectivity index is 1.51. The van der Waals surface area contributed by atoms with Crippen LogP contribution in [0, 0.1) is 23.0 Å². The summed E-state index contributed by atoms with van der Waals surface area (Å²) in [7, 11) is -3.86. The van der Waals surface area contributed by atoms with E-state index in [-0.39, 0.29) is 47.7 Å². The number of amides is 1. The van der Waals surface area contributed by atoms with Crippen molar-refractivity contribution in [1.82, 2.24) is 14.5 Å². The molecule has 1 amide bonds. The zero-order chi connectivity index (χ0) is 23.5. The average Bonchev–Trinajstić information content (AvgIpc) is 2.73. The molecule has 3 rings (SSSR count). The Hall–Kier alpha value is -2.08. The highest BCUT2D eigenvalue weighted by molar-refractivity contribution is 7.89. The second-order valence-corrected chi connectivity index (χ2v) is 10.6. The topological polar surface area (TPSA) is 122 Å². The lowest BCUT2D eigenvalue weighted by molar-refractivity contribution is -0.385. The molecule has 0 aliphatic carbocycles. The van der Waals surface area contributed by atoms with Gasteiger partial charge in [0.25, 0.3) is 5.69 Å². The Bertz CT molecular complexity index is 936. The molecule has 0 spiro atoms. The molecule has 2 aliphatic heterocycles. The number of hydrogen-bond donors (Lipinski definition) is 1. The van der Waals surface area contributed by atoms with Crippen LogP contribution in [0.3, 0.4) is 0 Å². The van der Waals surface area contributed by atoms with Crippen LogP contribution < -0.4 is 5.32 Å². The molecule has 2 heterocycles. The fraction of sp³-hybridized carbons (Fsp3) is 0.667. The third-order valence-corrected chi connectivity index (χ3v) is 8.09. The van der Waals surface area contributed by atoms with Crippen LogP contribution in [-0.2, 0) is 19.6 Å². The van der Waals surface area contributed by atoms with E-state index in [4.69, 9.17) is 4.74 Å². The molecular weight excluding hydrogens is 436 g/mol. The zero-order valence-electron chi connectivity index (χ0n) is 18.8. The molecule has 11 heteroatoms. The number of sulfonamides is 1. The van der Waals surface area contributed by atoms with Gasteiger partial charge in [-0.2, -0.15) is 4.31 Å². The molecule has 2 saturated heterocycles. The monoisotopic (exact) mass is 468 g/mol. The first-order valence-electron chi connectivity index (χ1n) is 11.0. The normalized spacial score (nSPS) is 23.7. The maximum absolute atomic E-state index is 13.0. The summed E-state index contributed by atoms with van der Waals surface area (Å²) in [5.74, 6) is -0.293. The first-order chi connectivity index (χ1) is 15.1. The number of rotatable bonds is 7. The number of morpholine rings is 1. The van der Waals surface area contributed by atoms with E-state index < -0.39 is 14.9 Å². The summed E-state index contributed by atoms with van der Waals surface area (Å²) in [4.78, 5) is 25.2. The van der Waals surface area contributed by atoms with Crippen molar-refractivity contribution in [3.63, 3.8) is 0 Å². The van der Waals surface area contributed by atoms with Gasteiger partial charge in [0.15, 0.2) is 0 Å². The van der Waals surface area contributed by atoms with E-state index in [1.807, 2.05) is 13.8 Å². The lowest BCUT2D eigenvalue weighted by Gasteiger charge is -2.35. The molecule has 1 aromatic carbocycles. The van der Waals surface area contributed by atoms with Crippen LogP contribution >= 0.6 is 0 Å². The Morgan fingerprint density at radius 3 is 2.44 bits per heavy atom. The van der Waals surface area contributed by atoms with Crippen molar-refractivity contribution < 1.29 is 22.9 Å². The number of non-ortho nitro benzene ring substituents is 1. The van der Waals surface area contributed by atoms with Crippen LogP contribution in [0.5, 0.6) is 0 Å². The highest BCUT2D eigenvalue weighted by atomic mass is 32.2. The number of carbonyl (C=O) groups is 1. The van der Waals surface area contributed by atoms with Crippen molar-refractivity contribution in [3.8, 4) is 0 Å². The number of ether oxygens (including phenoxy) is 1. The smallest absolute Gasteiger partial charge is 0.270 e. The summed E-state index contributed by atoms with van der Waals surface area (Å²) in [5.41, 5.74) is 0.203. The van der Waals surface area contributed by atoms with Crippen molar-refractivity contribution >= 4 is 21.6 Å². The first kappa shape index (κ1) is 24.6. The molecule has 0 radical (unpaired) electrons. The predicted octanol–water partition coefficient (Wildman–Crippen LogP) is 1.53. The minimum absolute atomic E-state index is 0.0523. The largest absolute Gasteiger partial charge is 0.373 e. The minimum atomic E-state index is -3.86. The van der Waals surface area contributed by atoms with E-state index in [0.717, 1.165) is 25.7 Å². The Labute approximate surface area is 189 Å². The quantitative estimate of drug-likeness (QED) is 0.476. The third-order valence-electron chi connectivity index (χ3n) is 6.05. The molecule has 2 fully saturated rings. The average molecular weight is 469 g/mol. The lowest BCUT2D eigenvalue weighted by atomic mass is 9.97. The van der Waals surface area contributed by atoms with Crippen molar-refractivity contribution in [2.45, 2.75) is 50.7 Å². The van der Waals surface area contributed by atoms with Gasteiger partial charge in [-0.1, -0.05) is 6.07 Å². The molecule has 2 atom stereocenters. The minimum Gasteiger partial charge on any atom is -0.373 e. The van der Waals surface area contributed by atoms with Gasteiger partial charge in [-0.3, -0.25) is 19.8 Å². The van der Waals surface area contributed by atoms with E-state index in [1.54, 1.807) is 6.92 Å². The van der Waals surface area contributed by atoms with Crippen LogP contribution in [0.15, 0.2) is 23.1 Å². The number of nitrogens with zero attached hydrogens (tertiary/aromatic N) is 3. The van der Waals surface area contributed by atoms with Crippen LogP contribution in [0.4, 0.5) is 5.69 Å². The molecule has 10 nitrogen and oxygen atoms in total. The second-order valence-electron chi connectivity index (χ2n) is 8.69. The number of nitrogens with one attached hydrogen (secondary N) is 1. The summed E-state index contributed by atoms with van der Waals surface area (Å²) in [6.07, 6.45) is 1.20. The molecule has 1 N–H and O–H groups in total. The van der Waals surface area contributed by atoms with Gasteiger partial charge in [-0.15, -0.1) is 0 Å². The lowest BCUT2D eigenvalue weighted by Crippen LogP contribution is -2.48. The summed E-state index contributed by atoms with van der Waals surface area (Å²) >= 11 is 0. The Morgan fingerprint density at radius 2 is 1.84 bits per heavy atom. The molecule has 2 aliphatic rings. The summed E-state index contributed by atoms with van der Waals surface area (Å²) in [6, 6.07) is 3.85. The van der Waals surface area contributed by atoms with E-state index >= 15 is 0 Å². The standard InChI is InChI=1S/C21H32N4O6S/c1-15-4-5-19(25(27)28)12-20(15)32(29,30)24-9-6-18(7-10-24)21(26)22-8-11-23-13-16(2)31-17(3)14-23/h4-5,12,16-18H,6-11,13-14H2,1-3H3,(H,22,26). The molecule has 0 aromatic heterocycles. The zero-order valence-corrected chi connectivity index (χ0v) is 19.6. The Morgan fingerprint density at radius 1 is 1.22 bits per heavy atom. The summed E-state index contributed by atoms with van der Waals surface area (Å²) in [5, 5.41) is 14.0. The van der Waals surface area contributed by atoms with Gasteiger partial charge in [0.05, 0.1) is 22.0 Å². The molecule has 32 heavy (non-hydrogen) atoms. The molecule has 0 saturated carbocycles. The number of aryl methyl sites for hydroxylation is 1. The van der Waals surface area contributed by atoms with E-state index in [9.17, 15) is 23.3 Å². The summed E-state index contributed by atoms with van der Waals surface area (Å²) in [6.45, 7) is 9.10. The predicted molar refractivity (Wildman–Crippen MR) is 119 cm³/mol. The van der Waals surface area contributed by atoms with Crippen molar-refractivity contribution in [3.05, 3.63) is 33.9 Å². The van der Waals surface area contributed by atoms with Gasteiger partial charge in [0.1, 0.15) is 0 Å². The fourth-order valence-corrected chi connectivity index (χ4v) is 6.14. The van der Waals surface area contributed by atoms with Gasteiger partial charge in [0, 0.05) is 57.3 Å². The van der Waals surface area contributed by atoms with Crippen LogP contribution in [0.2, 0.25) is 0 Å².